The van der Waals surface area contributed by atoms with Crippen molar-refractivity contribution in [2.75, 3.05) is 17.7 Å². The molecule has 28 heavy (non-hydrogen) atoms. The van der Waals surface area contributed by atoms with E-state index >= 15 is 0 Å². The Bertz CT molecular complexity index is 964. The lowest BCUT2D eigenvalue weighted by atomic mass is 10.1. The van der Waals surface area contributed by atoms with Gasteiger partial charge in [0.1, 0.15) is 0 Å². The summed E-state index contributed by atoms with van der Waals surface area (Å²) in [4.78, 5) is 23.7. The lowest BCUT2D eigenvalue weighted by molar-refractivity contribution is -0.115. The fourth-order valence-electron chi connectivity index (χ4n) is 2.82. The molecule has 3 rings (SSSR count). The van der Waals surface area contributed by atoms with Crippen LogP contribution in [-0.4, -0.2) is 19.0 Å². The van der Waals surface area contributed by atoms with Crippen LogP contribution in [0, 0.1) is 6.92 Å². The minimum Gasteiger partial charge on any atom is -0.465 e. The van der Waals surface area contributed by atoms with Gasteiger partial charge in [-0.2, -0.15) is 0 Å². The van der Waals surface area contributed by atoms with E-state index in [0.29, 0.717) is 12.0 Å². The summed E-state index contributed by atoms with van der Waals surface area (Å²) in [6, 6.07) is 22.4. The molecule has 3 aromatic rings. The van der Waals surface area contributed by atoms with Crippen molar-refractivity contribution in [2.24, 2.45) is 0 Å². The number of aryl methyl sites for hydroxylation is 1. The number of benzene rings is 3. The maximum Gasteiger partial charge on any atom is 0.337 e. The van der Waals surface area contributed by atoms with Crippen molar-refractivity contribution in [3.05, 3.63) is 89.5 Å². The van der Waals surface area contributed by atoms with Crippen molar-refractivity contribution in [2.45, 2.75) is 13.3 Å². The minimum atomic E-state index is -0.364. The Balaban J connectivity index is 1.57. The number of rotatable bonds is 6. The van der Waals surface area contributed by atoms with Crippen LogP contribution in [0.1, 0.15) is 21.5 Å². The molecule has 0 unspecified atom stereocenters. The molecule has 0 aliphatic carbocycles. The molecule has 142 valence electrons. The van der Waals surface area contributed by atoms with Crippen LogP contribution in [0.5, 0.6) is 0 Å². The molecule has 0 aliphatic heterocycles. The third kappa shape index (κ3) is 5.20. The number of carbonyl (C=O) groups is 2. The Morgan fingerprint density at radius 1 is 0.857 bits per heavy atom. The van der Waals surface area contributed by atoms with Crippen LogP contribution in [0.15, 0.2) is 72.8 Å². The number of hydrogen-bond acceptors (Lipinski definition) is 4. The molecule has 3 aromatic carbocycles. The molecule has 0 saturated heterocycles. The van der Waals surface area contributed by atoms with Gasteiger partial charge in [0.2, 0.25) is 5.91 Å². The molecule has 0 radical (unpaired) electrons. The lowest BCUT2D eigenvalue weighted by Gasteiger charge is -2.09. The van der Waals surface area contributed by atoms with Gasteiger partial charge in [-0.05, 0) is 61.0 Å². The zero-order valence-electron chi connectivity index (χ0n) is 15.9. The second-order valence-electron chi connectivity index (χ2n) is 6.49. The Labute approximate surface area is 164 Å². The first-order valence-corrected chi connectivity index (χ1v) is 8.94. The normalized spacial score (nSPS) is 10.2. The fourth-order valence-corrected chi connectivity index (χ4v) is 2.82. The Morgan fingerprint density at radius 3 is 2.07 bits per heavy atom. The maximum absolute atomic E-state index is 12.2. The fraction of sp³-hybridized carbons (Fsp3) is 0.130. The number of anilines is 3. The Morgan fingerprint density at radius 2 is 1.46 bits per heavy atom. The van der Waals surface area contributed by atoms with Crippen molar-refractivity contribution >= 4 is 28.9 Å². The minimum absolute atomic E-state index is 0.0512. The van der Waals surface area contributed by atoms with Gasteiger partial charge < -0.3 is 15.4 Å². The van der Waals surface area contributed by atoms with Gasteiger partial charge in [0.15, 0.2) is 0 Å². The van der Waals surface area contributed by atoms with Crippen LogP contribution in [0.25, 0.3) is 0 Å². The van der Waals surface area contributed by atoms with Gasteiger partial charge >= 0.3 is 5.97 Å². The van der Waals surface area contributed by atoms with E-state index in [4.69, 9.17) is 0 Å². The molecule has 0 aliphatic rings. The van der Waals surface area contributed by atoms with Crippen LogP contribution in [0.3, 0.4) is 0 Å². The zero-order chi connectivity index (χ0) is 19.9. The number of carbonyl (C=O) groups excluding carboxylic acids is 2. The van der Waals surface area contributed by atoms with E-state index in [-0.39, 0.29) is 11.9 Å². The summed E-state index contributed by atoms with van der Waals surface area (Å²) in [5, 5.41) is 6.16. The number of methoxy groups -OCH3 is 1. The quantitative estimate of drug-likeness (QED) is 0.614. The van der Waals surface area contributed by atoms with Crippen molar-refractivity contribution in [3.8, 4) is 0 Å². The third-order valence-corrected chi connectivity index (χ3v) is 4.21. The summed E-state index contributed by atoms with van der Waals surface area (Å²) in [6.07, 6.45) is 0.341. The predicted octanol–water partition coefficient (Wildman–Crippen LogP) is 4.71. The van der Waals surface area contributed by atoms with E-state index in [0.717, 1.165) is 28.2 Å². The van der Waals surface area contributed by atoms with Crippen molar-refractivity contribution in [1.29, 1.82) is 0 Å². The SMILES string of the molecule is COC(=O)c1ccc(Nc2ccc(NC(=O)Cc3cccc(C)c3)cc2)cc1. The largest absolute Gasteiger partial charge is 0.465 e. The Hall–Kier alpha value is -3.60. The predicted molar refractivity (Wildman–Crippen MR) is 111 cm³/mol. The summed E-state index contributed by atoms with van der Waals surface area (Å²) in [7, 11) is 1.36. The molecule has 0 heterocycles. The summed E-state index contributed by atoms with van der Waals surface area (Å²) < 4.78 is 4.69. The summed E-state index contributed by atoms with van der Waals surface area (Å²) in [5.74, 6) is -0.415. The van der Waals surface area contributed by atoms with Crippen LogP contribution >= 0.6 is 0 Å². The van der Waals surface area contributed by atoms with E-state index in [9.17, 15) is 9.59 Å². The van der Waals surface area contributed by atoms with E-state index in [2.05, 4.69) is 15.4 Å². The molecule has 0 spiro atoms. The molecular formula is C23H22N2O3. The highest BCUT2D eigenvalue weighted by molar-refractivity contribution is 5.92. The molecule has 2 N–H and O–H groups in total. The van der Waals surface area contributed by atoms with Gasteiger partial charge in [0.05, 0.1) is 19.1 Å². The monoisotopic (exact) mass is 374 g/mol. The second kappa shape index (κ2) is 8.86. The van der Waals surface area contributed by atoms with Gasteiger partial charge in [0, 0.05) is 17.1 Å². The third-order valence-electron chi connectivity index (χ3n) is 4.21. The summed E-state index contributed by atoms with van der Waals surface area (Å²) >= 11 is 0. The molecular weight excluding hydrogens is 352 g/mol. The molecule has 0 aromatic heterocycles. The topological polar surface area (TPSA) is 67.4 Å². The van der Waals surface area contributed by atoms with E-state index in [1.807, 2.05) is 67.6 Å². The van der Waals surface area contributed by atoms with E-state index in [1.54, 1.807) is 12.1 Å². The average molecular weight is 374 g/mol. The highest BCUT2D eigenvalue weighted by atomic mass is 16.5. The smallest absolute Gasteiger partial charge is 0.337 e. The van der Waals surface area contributed by atoms with Crippen LogP contribution in [-0.2, 0) is 16.0 Å². The second-order valence-corrected chi connectivity index (χ2v) is 6.49. The molecule has 0 saturated carbocycles. The zero-order valence-corrected chi connectivity index (χ0v) is 15.9. The Kier molecular flexibility index (Phi) is 6.07. The van der Waals surface area contributed by atoms with Crippen molar-refractivity contribution in [3.63, 3.8) is 0 Å². The lowest BCUT2D eigenvalue weighted by Crippen LogP contribution is -2.14. The number of hydrogen-bond donors (Lipinski definition) is 2. The van der Waals surface area contributed by atoms with Crippen molar-refractivity contribution in [1.82, 2.24) is 0 Å². The maximum atomic E-state index is 12.2. The first-order valence-electron chi connectivity index (χ1n) is 8.94. The summed E-state index contributed by atoms with van der Waals surface area (Å²) in [5.41, 5.74) is 5.10. The van der Waals surface area contributed by atoms with Crippen LogP contribution < -0.4 is 10.6 Å². The van der Waals surface area contributed by atoms with Gasteiger partial charge in [0.25, 0.3) is 0 Å². The molecule has 5 heteroatoms. The number of esters is 1. The van der Waals surface area contributed by atoms with Gasteiger partial charge in [-0.3, -0.25) is 4.79 Å². The standard InChI is InChI=1S/C23H22N2O3/c1-16-4-3-5-17(14-16)15-22(26)25-21-12-10-20(11-13-21)24-19-8-6-18(7-9-19)23(27)28-2/h3-14,24H,15H2,1-2H3,(H,25,26). The molecule has 1 amide bonds. The molecule has 0 atom stereocenters. The van der Waals surface area contributed by atoms with Gasteiger partial charge in [-0.1, -0.05) is 29.8 Å². The highest BCUT2D eigenvalue weighted by Crippen LogP contribution is 2.20. The van der Waals surface area contributed by atoms with Gasteiger partial charge in [-0.25, -0.2) is 4.79 Å². The molecule has 0 fully saturated rings. The first kappa shape index (κ1) is 19.2. The highest BCUT2D eigenvalue weighted by Gasteiger charge is 2.06. The van der Waals surface area contributed by atoms with Crippen LogP contribution in [0.2, 0.25) is 0 Å². The summed E-state index contributed by atoms with van der Waals surface area (Å²) in [6.45, 7) is 2.01. The number of amides is 1. The number of nitrogens with one attached hydrogen (secondary N) is 2. The number of ether oxygens (including phenoxy) is 1. The van der Waals surface area contributed by atoms with E-state index in [1.165, 1.54) is 7.11 Å². The van der Waals surface area contributed by atoms with Gasteiger partial charge in [-0.15, -0.1) is 0 Å². The average Bonchev–Trinajstić information content (AvgIpc) is 2.69. The molecule has 5 nitrogen and oxygen atoms in total. The van der Waals surface area contributed by atoms with Crippen molar-refractivity contribution < 1.29 is 14.3 Å². The van der Waals surface area contributed by atoms with Crippen LogP contribution in [0.4, 0.5) is 17.1 Å². The molecule has 0 bridgehead atoms. The van der Waals surface area contributed by atoms with E-state index < -0.39 is 0 Å². The first-order chi connectivity index (χ1) is 13.5.